The molecular weight excluding hydrogens is 528 g/mol. The number of hydrogen-bond acceptors (Lipinski definition) is 5. The minimum Gasteiger partial charge on any atom is -0.495 e. The normalized spacial score (nSPS) is 11.8. The van der Waals surface area contributed by atoms with E-state index in [1.54, 1.807) is 28.9 Å². The molecule has 202 valence electrons. The van der Waals surface area contributed by atoms with E-state index in [1.807, 2.05) is 55.7 Å². The Morgan fingerprint density at radius 2 is 1.77 bits per heavy atom. The van der Waals surface area contributed by atoms with E-state index in [4.69, 9.17) is 16.3 Å². The van der Waals surface area contributed by atoms with Gasteiger partial charge in [0.25, 0.3) is 5.56 Å². The van der Waals surface area contributed by atoms with Crippen molar-refractivity contribution in [1.82, 2.24) is 14.3 Å². The van der Waals surface area contributed by atoms with E-state index in [2.05, 4.69) is 10.4 Å². The van der Waals surface area contributed by atoms with E-state index in [0.29, 0.717) is 33.1 Å². The van der Waals surface area contributed by atoms with E-state index in [0.717, 1.165) is 16.5 Å². The van der Waals surface area contributed by atoms with Crippen molar-refractivity contribution < 1.29 is 14.3 Å². The number of ether oxygens (including phenoxy) is 1. The lowest BCUT2D eigenvalue weighted by atomic mass is 9.97. The Balaban J connectivity index is 1.58. The van der Waals surface area contributed by atoms with Crippen LogP contribution in [0, 0.1) is 0 Å². The summed E-state index contributed by atoms with van der Waals surface area (Å²) in [6.07, 6.45) is 3.64. The molecule has 5 rings (SSSR count). The van der Waals surface area contributed by atoms with Crippen molar-refractivity contribution in [3.05, 3.63) is 112 Å². The number of carbonyl (C=O) groups is 2. The number of hydrogen-bond donors (Lipinski definition) is 1. The highest BCUT2D eigenvalue weighted by Crippen LogP contribution is 2.34. The molecule has 0 bridgehead atoms. The average molecular weight is 555 g/mol. The van der Waals surface area contributed by atoms with Crippen LogP contribution in [0.15, 0.2) is 90.0 Å². The number of amides is 1. The summed E-state index contributed by atoms with van der Waals surface area (Å²) in [5, 5.41) is 8.63. The van der Waals surface area contributed by atoms with Crippen LogP contribution in [-0.4, -0.2) is 33.1 Å². The largest absolute Gasteiger partial charge is 0.495 e. The third kappa shape index (κ3) is 5.53. The number of Topliss-reactive ketones (excluding diaryl/α,β-unsaturated/α-hetero) is 1. The van der Waals surface area contributed by atoms with Crippen LogP contribution in [0.25, 0.3) is 22.0 Å². The molecule has 1 amide bonds. The monoisotopic (exact) mass is 554 g/mol. The average Bonchev–Trinajstić information content (AvgIpc) is 3.31. The zero-order valence-corrected chi connectivity index (χ0v) is 23.0. The van der Waals surface area contributed by atoms with Crippen LogP contribution >= 0.6 is 11.6 Å². The molecule has 8 nitrogen and oxygen atoms in total. The van der Waals surface area contributed by atoms with Crippen LogP contribution in [0.1, 0.15) is 28.9 Å². The lowest BCUT2D eigenvalue weighted by Gasteiger charge is -2.22. The molecule has 2 aromatic heterocycles. The Bertz CT molecular complexity index is 1790. The number of methoxy groups -OCH3 is 1. The van der Waals surface area contributed by atoms with Gasteiger partial charge in [-0.15, -0.1) is 0 Å². The van der Waals surface area contributed by atoms with Crippen LogP contribution in [0.4, 0.5) is 5.69 Å². The summed E-state index contributed by atoms with van der Waals surface area (Å²) in [7, 11) is 3.31. The van der Waals surface area contributed by atoms with Gasteiger partial charge in [0.15, 0.2) is 5.78 Å². The number of aryl methyl sites for hydroxylation is 1. The second-order valence-corrected chi connectivity index (χ2v) is 9.95. The second kappa shape index (κ2) is 11.2. The summed E-state index contributed by atoms with van der Waals surface area (Å²) in [6.45, 7) is 1.45. The highest BCUT2D eigenvalue weighted by atomic mass is 35.5. The van der Waals surface area contributed by atoms with Crippen molar-refractivity contribution in [3.8, 4) is 16.9 Å². The number of fused-ring (bicyclic) bond motifs is 1. The fraction of sp³-hybridized carbons (Fsp3) is 0.161. The van der Waals surface area contributed by atoms with Gasteiger partial charge in [-0.3, -0.25) is 23.6 Å². The molecule has 2 heterocycles. The summed E-state index contributed by atoms with van der Waals surface area (Å²) in [5.74, 6) is -0.215. The number of halogens is 1. The van der Waals surface area contributed by atoms with Crippen LogP contribution < -0.4 is 15.6 Å². The second-order valence-electron chi connectivity index (χ2n) is 9.52. The first-order valence-corrected chi connectivity index (χ1v) is 13.0. The number of pyridine rings is 1. The molecule has 0 saturated heterocycles. The summed E-state index contributed by atoms with van der Waals surface area (Å²) in [6, 6.07) is 20.3. The molecule has 40 heavy (non-hydrogen) atoms. The molecule has 0 spiro atoms. The van der Waals surface area contributed by atoms with Crippen molar-refractivity contribution in [2.45, 2.75) is 19.4 Å². The van der Waals surface area contributed by atoms with Gasteiger partial charge in [0.05, 0.1) is 18.8 Å². The summed E-state index contributed by atoms with van der Waals surface area (Å²) < 4.78 is 8.74. The van der Waals surface area contributed by atoms with E-state index in [9.17, 15) is 14.4 Å². The maximum absolute atomic E-state index is 13.8. The van der Waals surface area contributed by atoms with E-state index < -0.39 is 11.6 Å². The van der Waals surface area contributed by atoms with Crippen LogP contribution in [-0.2, 0) is 18.3 Å². The molecule has 3 aromatic carbocycles. The van der Waals surface area contributed by atoms with Gasteiger partial charge in [0.2, 0.25) is 5.91 Å². The summed E-state index contributed by atoms with van der Waals surface area (Å²) in [4.78, 5) is 39.7. The van der Waals surface area contributed by atoms with Crippen molar-refractivity contribution in [2.24, 2.45) is 7.05 Å². The van der Waals surface area contributed by atoms with E-state index in [-0.39, 0.29) is 18.1 Å². The predicted molar refractivity (Wildman–Crippen MR) is 156 cm³/mol. The minimum absolute atomic E-state index is 0.176. The zero-order chi connectivity index (χ0) is 28.4. The lowest BCUT2D eigenvalue weighted by molar-refractivity contribution is -0.119. The molecule has 0 aliphatic rings. The maximum atomic E-state index is 13.8. The number of nitrogens with one attached hydrogen (secondary N) is 1. The van der Waals surface area contributed by atoms with E-state index >= 15 is 0 Å². The van der Waals surface area contributed by atoms with Crippen LogP contribution in [0.2, 0.25) is 5.02 Å². The smallest absolute Gasteiger partial charge is 0.252 e. The molecule has 0 aliphatic heterocycles. The first kappa shape index (κ1) is 26.9. The Hall–Kier alpha value is -4.69. The Kier molecular flexibility index (Phi) is 7.53. The van der Waals surface area contributed by atoms with Crippen molar-refractivity contribution in [2.75, 3.05) is 12.4 Å². The van der Waals surface area contributed by atoms with Crippen molar-refractivity contribution >= 4 is 39.9 Å². The van der Waals surface area contributed by atoms with Crippen LogP contribution in [0.5, 0.6) is 5.75 Å². The SMILES string of the molecule is COc1cn([C@H](Cc2ccccc2)C(=O)Nc2ccc3nn(C)cc3c2)c(=O)cc1-c1cc(Cl)ccc1C(C)=O. The van der Waals surface area contributed by atoms with Gasteiger partial charge in [-0.1, -0.05) is 41.9 Å². The Morgan fingerprint density at radius 1 is 1.00 bits per heavy atom. The quantitative estimate of drug-likeness (QED) is 0.249. The standard InChI is InChI=1S/C31H27ClN4O4/c1-19(37)24-11-9-22(32)15-25(24)26-16-30(38)36(18-29(26)40-3)28(13-20-7-5-4-6-8-20)31(39)33-23-10-12-27-21(14-23)17-35(2)34-27/h4-12,14-18,28H,13H2,1-3H3,(H,33,39)/t28-/m1/s1. The Labute approximate surface area is 235 Å². The highest BCUT2D eigenvalue weighted by Gasteiger charge is 2.25. The minimum atomic E-state index is -0.894. The van der Waals surface area contributed by atoms with Gasteiger partial charge in [-0.2, -0.15) is 5.10 Å². The molecule has 1 N–H and O–H groups in total. The molecule has 0 radical (unpaired) electrons. The number of anilines is 1. The number of rotatable bonds is 8. The third-order valence-electron chi connectivity index (χ3n) is 6.71. The summed E-state index contributed by atoms with van der Waals surface area (Å²) >= 11 is 6.24. The van der Waals surface area contributed by atoms with Crippen molar-refractivity contribution in [1.29, 1.82) is 0 Å². The molecule has 1 atom stereocenters. The molecule has 0 fully saturated rings. The molecule has 9 heteroatoms. The van der Waals surface area contributed by atoms with Gasteiger partial charge in [0.1, 0.15) is 11.8 Å². The fourth-order valence-corrected chi connectivity index (χ4v) is 4.97. The number of ketones is 1. The third-order valence-corrected chi connectivity index (χ3v) is 6.95. The van der Waals surface area contributed by atoms with E-state index in [1.165, 1.54) is 30.9 Å². The molecule has 0 unspecified atom stereocenters. The van der Waals surface area contributed by atoms with Crippen molar-refractivity contribution in [3.63, 3.8) is 0 Å². The Morgan fingerprint density at radius 3 is 2.50 bits per heavy atom. The molecule has 5 aromatic rings. The first-order chi connectivity index (χ1) is 19.2. The lowest BCUT2D eigenvalue weighted by Crippen LogP contribution is -2.34. The van der Waals surface area contributed by atoms with Gasteiger partial charge >= 0.3 is 0 Å². The molecule has 0 aliphatic carbocycles. The van der Waals surface area contributed by atoms with Gasteiger partial charge in [-0.05, 0) is 54.4 Å². The first-order valence-electron chi connectivity index (χ1n) is 12.6. The topological polar surface area (TPSA) is 95.2 Å². The fourth-order valence-electron chi connectivity index (χ4n) is 4.80. The van der Waals surface area contributed by atoms with Gasteiger partial charge < -0.3 is 10.1 Å². The van der Waals surface area contributed by atoms with Crippen LogP contribution in [0.3, 0.4) is 0 Å². The number of aromatic nitrogens is 3. The zero-order valence-electron chi connectivity index (χ0n) is 22.2. The molecular formula is C31H27ClN4O4. The molecule has 0 saturated carbocycles. The predicted octanol–water partition coefficient (Wildman–Crippen LogP) is 5.69. The maximum Gasteiger partial charge on any atom is 0.252 e. The summed E-state index contributed by atoms with van der Waals surface area (Å²) in [5.41, 5.74) is 3.16. The number of nitrogens with zero attached hydrogens (tertiary/aromatic N) is 3. The van der Waals surface area contributed by atoms with Gasteiger partial charge in [-0.25, -0.2) is 0 Å². The highest BCUT2D eigenvalue weighted by molar-refractivity contribution is 6.31. The van der Waals surface area contributed by atoms with Gasteiger partial charge in [0, 0.05) is 53.0 Å². The number of carbonyl (C=O) groups excluding carboxylic acids is 2. The number of benzene rings is 3.